The maximum absolute atomic E-state index is 11.8. The van der Waals surface area contributed by atoms with Gasteiger partial charge in [-0.15, -0.1) is 0 Å². The molecule has 4 heteroatoms. The summed E-state index contributed by atoms with van der Waals surface area (Å²) in [4.78, 5) is 11.8. The van der Waals surface area contributed by atoms with Crippen LogP contribution in [-0.4, -0.2) is 19.2 Å². The van der Waals surface area contributed by atoms with Gasteiger partial charge in [0.1, 0.15) is 19.8 Å². The lowest BCUT2D eigenvalue weighted by atomic mass is 10.1. The predicted molar refractivity (Wildman–Crippen MR) is 87.4 cm³/mol. The minimum Gasteiger partial charge on any atom is -0.486 e. The number of benzene rings is 2. The fourth-order valence-corrected chi connectivity index (χ4v) is 2.21. The van der Waals surface area contributed by atoms with E-state index in [4.69, 9.17) is 14.2 Å². The van der Waals surface area contributed by atoms with Crippen LogP contribution in [0.1, 0.15) is 16.7 Å². The minimum absolute atomic E-state index is 0.268. The molecule has 0 N–H and O–H groups in total. The largest absolute Gasteiger partial charge is 0.486 e. The van der Waals surface area contributed by atoms with Gasteiger partial charge in [-0.25, -0.2) is 4.79 Å². The number of rotatable bonds is 4. The van der Waals surface area contributed by atoms with Crippen molar-refractivity contribution in [3.63, 3.8) is 0 Å². The Morgan fingerprint density at radius 1 is 1.09 bits per heavy atom. The molecule has 1 aliphatic rings. The highest BCUT2D eigenvalue weighted by Crippen LogP contribution is 2.31. The lowest BCUT2D eigenvalue weighted by Crippen LogP contribution is -2.15. The number of hydrogen-bond donors (Lipinski definition) is 0. The Hall–Kier alpha value is -2.75. The number of ether oxygens (including phenoxy) is 3. The molecule has 0 bridgehead atoms. The van der Waals surface area contributed by atoms with Crippen molar-refractivity contribution in [1.29, 1.82) is 0 Å². The second-order valence-corrected chi connectivity index (χ2v) is 5.33. The molecule has 1 heterocycles. The number of hydrogen-bond acceptors (Lipinski definition) is 4. The van der Waals surface area contributed by atoms with Crippen LogP contribution >= 0.6 is 0 Å². The molecule has 0 aliphatic carbocycles. The molecule has 0 saturated heterocycles. The zero-order valence-corrected chi connectivity index (χ0v) is 13.0. The van der Waals surface area contributed by atoms with Gasteiger partial charge in [-0.05, 0) is 36.3 Å². The lowest BCUT2D eigenvalue weighted by Gasteiger charge is -2.18. The fourth-order valence-electron chi connectivity index (χ4n) is 2.21. The third-order valence-corrected chi connectivity index (χ3v) is 3.48. The zero-order chi connectivity index (χ0) is 16.1. The molecule has 0 atom stereocenters. The Morgan fingerprint density at radius 3 is 2.61 bits per heavy atom. The first-order chi connectivity index (χ1) is 11.2. The number of aryl methyl sites for hydroxylation is 1. The third-order valence-electron chi connectivity index (χ3n) is 3.48. The van der Waals surface area contributed by atoms with E-state index in [-0.39, 0.29) is 12.6 Å². The molecule has 0 amide bonds. The van der Waals surface area contributed by atoms with Crippen LogP contribution in [0.15, 0.2) is 48.5 Å². The smallest absolute Gasteiger partial charge is 0.331 e. The standard InChI is InChI=1S/C19H18O4/c1-14-2-4-16(5-3-14)13-23-19(20)9-7-15-6-8-17-18(12-15)22-11-10-21-17/h2-9,12H,10-11,13H2,1H3. The van der Waals surface area contributed by atoms with Gasteiger partial charge in [-0.3, -0.25) is 0 Å². The van der Waals surface area contributed by atoms with E-state index < -0.39 is 0 Å². The molecule has 118 valence electrons. The van der Waals surface area contributed by atoms with Crippen LogP contribution in [0.3, 0.4) is 0 Å². The Balaban J connectivity index is 1.56. The van der Waals surface area contributed by atoms with E-state index in [9.17, 15) is 4.79 Å². The summed E-state index contributed by atoms with van der Waals surface area (Å²) in [6.45, 7) is 3.39. The molecule has 0 aromatic heterocycles. The molecule has 3 rings (SSSR count). The molecule has 2 aromatic carbocycles. The third kappa shape index (κ3) is 4.13. The lowest BCUT2D eigenvalue weighted by molar-refractivity contribution is -0.138. The van der Waals surface area contributed by atoms with E-state index in [2.05, 4.69) is 0 Å². The van der Waals surface area contributed by atoms with Crippen molar-refractivity contribution in [1.82, 2.24) is 0 Å². The van der Waals surface area contributed by atoms with Crippen LogP contribution in [-0.2, 0) is 16.1 Å². The molecule has 0 radical (unpaired) electrons. The first-order valence-electron chi connectivity index (χ1n) is 7.51. The first kappa shape index (κ1) is 15.2. The Kier molecular flexibility index (Phi) is 4.62. The quantitative estimate of drug-likeness (QED) is 0.640. The van der Waals surface area contributed by atoms with Gasteiger partial charge in [0.15, 0.2) is 11.5 Å². The van der Waals surface area contributed by atoms with Crippen LogP contribution in [0.25, 0.3) is 6.08 Å². The van der Waals surface area contributed by atoms with E-state index in [0.29, 0.717) is 19.0 Å². The van der Waals surface area contributed by atoms with Crippen molar-refractivity contribution in [3.8, 4) is 11.5 Å². The van der Waals surface area contributed by atoms with Crippen molar-refractivity contribution in [3.05, 3.63) is 65.2 Å². The first-order valence-corrected chi connectivity index (χ1v) is 7.51. The highest BCUT2D eigenvalue weighted by molar-refractivity contribution is 5.87. The molecule has 1 aliphatic heterocycles. The predicted octanol–water partition coefficient (Wildman–Crippen LogP) is 3.52. The van der Waals surface area contributed by atoms with Gasteiger partial charge in [0.05, 0.1) is 0 Å². The summed E-state index contributed by atoms with van der Waals surface area (Å²) in [5, 5.41) is 0. The van der Waals surface area contributed by atoms with Crippen molar-refractivity contribution < 1.29 is 19.0 Å². The average molecular weight is 310 g/mol. The molecule has 0 unspecified atom stereocenters. The number of fused-ring (bicyclic) bond motifs is 1. The molecule has 23 heavy (non-hydrogen) atoms. The monoisotopic (exact) mass is 310 g/mol. The Labute approximate surface area is 135 Å². The van der Waals surface area contributed by atoms with Crippen LogP contribution < -0.4 is 9.47 Å². The van der Waals surface area contributed by atoms with E-state index >= 15 is 0 Å². The fraction of sp³-hybridized carbons (Fsp3) is 0.211. The highest BCUT2D eigenvalue weighted by atomic mass is 16.6. The number of carbonyl (C=O) groups is 1. The van der Waals surface area contributed by atoms with Crippen LogP contribution in [0.2, 0.25) is 0 Å². The van der Waals surface area contributed by atoms with Crippen molar-refractivity contribution >= 4 is 12.0 Å². The highest BCUT2D eigenvalue weighted by Gasteiger charge is 2.10. The van der Waals surface area contributed by atoms with E-state index in [1.807, 2.05) is 49.4 Å². The molecule has 0 fully saturated rings. The molecule has 0 saturated carbocycles. The van der Waals surface area contributed by atoms with Crippen molar-refractivity contribution in [2.24, 2.45) is 0 Å². The summed E-state index contributed by atoms with van der Waals surface area (Å²) in [6, 6.07) is 13.4. The van der Waals surface area contributed by atoms with E-state index in [0.717, 1.165) is 16.9 Å². The summed E-state index contributed by atoms with van der Waals surface area (Å²) in [5.74, 6) is 1.06. The summed E-state index contributed by atoms with van der Waals surface area (Å²) < 4.78 is 16.2. The summed E-state index contributed by atoms with van der Waals surface area (Å²) in [6.07, 6.45) is 3.12. The van der Waals surface area contributed by atoms with Crippen molar-refractivity contribution in [2.75, 3.05) is 13.2 Å². The van der Waals surface area contributed by atoms with Gasteiger partial charge in [0, 0.05) is 6.08 Å². The van der Waals surface area contributed by atoms with E-state index in [1.54, 1.807) is 6.08 Å². The van der Waals surface area contributed by atoms with Crippen molar-refractivity contribution in [2.45, 2.75) is 13.5 Å². The normalized spacial score (nSPS) is 13.1. The Morgan fingerprint density at radius 2 is 1.83 bits per heavy atom. The second kappa shape index (κ2) is 7.01. The van der Waals surface area contributed by atoms with Crippen LogP contribution in [0.5, 0.6) is 11.5 Å². The number of carbonyl (C=O) groups excluding carboxylic acids is 1. The average Bonchev–Trinajstić information content (AvgIpc) is 2.59. The SMILES string of the molecule is Cc1ccc(COC(=O)C=Cc2ccc3c(c2)OCCO3)cc1. The molecular formula is C19H18O4. The molecule has 4 nitrogen and oxygen atoms in total. The topological polar surface area (TPSA) is 44.8 Å². The van der Waals surface area contributed by atoms with Gasteiger partial charge in [-0.2, -0.15) is 0 Å². The molecule has 0 spiro atoms. The van der Waals surface area contributed by atoms with E-state index in [1.165, 1.54) is 11.6 Å². The summed E-state index contributed by atoms with van der Waals surface area (Å²) >= 11 is 0. The summed E-state index contributed by atoms with van der Waals surface area (Å²) in [5.41, 5.74) is 3.01. The number of esters is 1. The van der Waals surface area contributed by atoms with Gasteiger partial charge >= 0.3 is 5.97 Å². The van der Waals surface area contributed by atoms with Gasteiger partial charge in [-0.1, -0.05) is 35.9 Å². The maximum atomic E-state index is 11.8. The molecular weight excluding hydrogens is 292 g/mol. The zero-order valence-electron chi connectivity index (χ0n) is 13.0. The summed E-state index contributed by atoms with van der Waals surface area (Å²) in [7, 11) is 0. The van der Waals surface area contributed by atoms with Gasteiger partial charge in [0.2, 0.25) is 0 Å². The van der Waals surface area contributed by atoms with Crippen LogP contribution in [0.4, 0.5) is 0 Å². The minimum atomic E-state index is -0.375. The van der Waals surface area contributed by atoms with Gasteiger partial charge < -0.3 is 14.2 Å². The maximum Gasteiger partial charge on any atom is 0.331 e. The van der Waals surface area contributed by atoms with Crippen LogP contribution in [0, 0.1) is 6.92 Å². The molecule has 2 aromatic rings. The van der Waals surface area contributed by atoms with Gasteiger partial charge in [0.25, 0.3) is 0 Å². The second-order valence-electron chi connectivity index (χ2n) is 5.33. The Bertz CT molecular complexity index is 717.